The molecule has 4 heterocycles. The minimum absolute atomic E-state index is 0.478. The molecule has 0 aliphatic rings. The fourth-order valence-corrected chi connectivity index (χ4v) is 2.65. The van der Waals surface area contributed by atoms with Crippen molar-refractivity contribution in [1.29, 1.82) is 0 Å². The van der Waals surface area contributed by atoms with Gasteiger partial charge >= 0.3 is 0 Å². The van der Waals surface area contributed by atoms with Crippen LogP contribution in [0.25, 0.3) is 33.7 Å². The molecule has 4 rings (SSSR count). The van der Waals surface area contributed by atoms with Gasteiger partial charge in [-0.05, 0) is 23.6 Å². The molecular weight excluding hydrogens is 272 g/mol. The Morgan fingerprint density at radius 2 is 2.10 bits per heavy atom. The molecule has 4 aromatic rings. The lowest BCUT2D eigenvalue weighted by Gasteiger charge is -1.99. The Morgan fingerprint density at radius 1 is 1.10 bits per heavy atom. The Hall–Kier alpha value is -2.60. The molecule has 0 fully saturated rings. The van der Waals surface area contributed by atoms with Crippen LogP contribution < -0.4 is 0 Å². The summed E-state index contributed by atoms with van der Waals surface area (Å²) in [4.78, 5) is 12.9. The molecule has 0 amide bonds. The number of aromatic nitrogens is 4. The van der Waals surface area contributed by atoms with Gasteiger partial charge in [0.05, 0.1) is 11.1 Å². The van der Waals surface area contributed by atoms with E-state index in [9.17, 15) is 0 Å². The van der Waals surface area contributed by atoms with Gasteiger partial charge in [0.1, 0.15) is 0 Å². The van der Waals surface area contributed by atoms with Gasteiger partial charge in [0.15, 0.2) is 0 Å². The molecule has 5 nitrogen and oxygen atoms in total. The first-order valence-corrected chi connectivity index (χ1v) is 6.91. The zero-order valence-electron chi connectivity index (χ0n) is 10.2. The molecule has 0 aromatic carbocycles. The second kappa shape index (κ2) is 4.50. The molecule has 0 aliphatic heterocycles. The van der Waals surface area contributed by atoms with E-state index in [1.807, 2.05) is 29.0 Å². The molecule has 0 spiro atoms. The monoisotopic (exact) mass is 280 g/mol. The molecular formula is C14H8N4OS. The van der Waals surface area contributed by atoms with E-state index < -0.39 is 0 Å². The van der Waals surface area contributed by atoms with Crippen LogP contribution in [0.2, 0.25) is 0 Å². The van der Waals surface area contributed by atoms with Crippen molar-refractivity contribution in [2.75, 3.05) is 0 Å². The predicted molar refractivity (Wildman–Crippen MR) is 76.1 cm³/mol. The van der Waals surface area contributed by atoms with E-state index in [0.717, 1.165) is 22.0 Å². The normalized spacial score (nSPS) is 11.0. The summed E-state index contributed by atoms with van der Waals surface area (Å²) in [6, 6.07) is 5.68. The molecule has 0 saturated heterocycles. The van der Waals surface area contributed by atoms with Crippen molar-refractivity contribution < 1.29 is 4.52 Å². The van der Waals surface area contributed by atoms with E-state index >= 15 is 0 Å². The average molecular weight is 280 g/mol. The number of pyridine rings is 2. The zero-order valence-corrected chi connectivity index (χ0v) is 11.0. The third-order valence-electron chi connectivity index (χ3n) is 2.98. The van der Waals surface area contributed by atoms with E-state index in [1.54, 1.807) is 29.9 Å². The Bertz CT molecular complexity index is 864. The summed E-state index contributed by atoms with van der Waals surface area (Å²) in [6.45, 7) is 0. The number of hydrogen-bond donors (Lipinski definition) is 0. The van der Waals surface area contributed by atoms with Crippen LogP contribution in [-0.4, -0.2) is 20.1 Å². The van der Waals surface area contributed by atoms with E-state index in [4.69, 9.17) is 4.52 Å². The Morgan fingerprint density at radius 3 is 3.00 bits per heavy atom. The fraction of sp³-hybridized carbons (Fsp3) is 0. The highest BCUT2D eigenvalue weighted by Crippen LogP contribution is 2.27. The molecule has 0 saturated carbocycles. The van der Waals surface area contributed by atoms with E-state index in [1.165, 1.54) is 0 Å². The SMILES string of the molecule is c1cc2nccc(-c3nc(-c4ccsc4)no3)c2cn1. The van der Waals surface area contributed by atoms with Gasteiger partial charge in [-0.3, -0.25) is 9.97 Å². The van der Waals surface area contributed by atoms with E-state index in [2.05, 4.69) is 20.1 Å². The van der Waals surface area contributed by atoms with Crippen LogP contribution in [0.15, 0.2) is 52.1 Å². The van der Waals surface area contributed by atoms with Gasteiger partial charge in [-0.1, -0.05) is 5.16 Å². The average Bonchev–Trinajstić information content (AvgIpc) is 3.17. The number of rotatable bonds is 2. The molecule has 0 bridgehead atoms. The van der Waals surface area contributed by atoms with Crippen LogP contribution in [0.4, 0.5) is 0 Å². The molecule has 0 atom stereocenters. The third kappa shape index (κ3) is 1.78. The van der Waals surface area contributed by atoms with Crippen molar-refractivity contribution in [2.24, 2.45) is 0 Å². The number of hydrogen-bond acceptors (Lipinski definition) is 6. The van der Waals surface area contributed by atoms with Gasteiger partial charge in [-0.25, -0.2) is 0 Å². The second-order valence-corrected chi connectivity index (χ2v) is 4.97. The Labute approximate surface area is 117 Å². The lowest BCUT2D eigenvalue weighted by molar-refractivity contribution is 0.432. The summed E-state index contributed by atoms with van der Waals surface area (Å²) < 4.78 is 5.37. The van der Waals surface area contributed by atoms with Crippen molar-refractivity contribution in [3.8, 4) is 22.8 Å². The van der Waals surface area contributed by atoms with Crippen molar-refractivity contribution >= 4 is 22.2 Å². The summed E-state index contributed by atoms with van der Waals surface area (Å²) in [5.41, 5.74) is 2.66. The van der Waals surface area contributed by atoms with Crippen molar-refractivity contribution in [3.05, 3.63) is 47.5 Å². The highest BCUT2D eigenvalue weighted by atomic mass is 32.1. The summed E-state index contributed by atoms with van der Waals surface area (Å²) in [7, 11) is 0. The standard InChI is InChI=1S/C14H8N4OS/c1-5-16-12-2-4-15-7-11(12)10(1)14-17-13(18-19-14)9-3-6-20-8-9/h1-8H. The van der Waals surface area contributed by atoms with Crippen molar-refractivity contribution in [2.45, 2.75) is 0 Å². The quantitative estimate of drug-likeness (QED) is 0.563. The second-order valence-electron chi connectivity index (χ2n) is 4.19. The molecule has 96 valence electrons. The van der Waals surface area contributed by atoms with E-state index in [-0.39, 0.29) is 0 Å². The first kappa shape index (κ1) is 11.2. The van der Waals surface area contributed by atoms with Crippen LogP contribution in [-0.2, 0) is 0 Å². The minimum Gasteiger partial charge on any atom is -0.334 e. The molecule has 0 N–H and O–H groups in total. The number of nitrogens with zero attached hydrogens (tertiary/aromatic N) is 4. The molecule has 0 aliphatic carbocycles. The van der Waals surface area contributed by atoms with Crippen LogP contribution >= 0.6 is 11.3 Å². The van der Waals surface area contributed by atoms with Gasteiger partial charge in [0.25, 0.3) is 5.89 Å². The lowest BCUT2D eigenvalue weighted by atomic mass is 10.1. The molecule has 0 unspecified atom stereocenters. The van der Waals surface area contributed by atoms with Gasteiger partial charge < -0.3 is 4.52 Å². The highest BCUT2D eigenvalue weighted by Gasteiger charge is 2.13. The summed E-state index contributed by atoms with van der Waals surface area (Å²) in [5.74, 6) is 1.07. The summed E-state index contributed by atoms with van der Waals surface area (Å²) >= 11 is 1.60. The van der Waals surface area contributed by atoms with Gasteiger partial charge in [-0.2, -0.15) is 16.3 Å². The molecule has 0 radical (unpaired) electrons. The fourth-order valence-electron chi connectivity index (χ4n) is 2.02. The number of fused-ring (bicyclic) bond motifs is 1. The minimum atomic E-state index is 0.478. The lowest BCUT2D eigenvalue weighted by Crippen LogP contribution is -1.85. The third-order valence-corrected chi connectivity index (χ3v) is 3.66. The van der Waals surface area contributed by atoms with E-state index in [0.29, 0.717) is 11.7 Å². The summed E-state index contributed by atoms with van der Waals surface area (Å²) in [5, 5.41) is 8.89. The number of thiophene rings is 1. The smallest absolute Gasteiger partial charge is 0.259 e. The molecule has 20 heavy (non-hydrogen) atoms. The topological polar surface area (TPSA) is 64.7 Å². The maximum Gasteiger partial charge on any atom is 0.259 e. The van der Waals surface area contributed by atoms with Crippen LogP contribution in [0.5, 0.6) is 0 Å². The van der Waals surface area contributed by atoms with Gasteiger partial charge in [-0.15, -0.1) is 0 Å². The van der Waals surface area contributed by atoms with Crippen molar-refractivity contribution in [3.63, 3.8) is 0 Å². The van der Waals surface area contributed by atoms with Crippen LogP contribution in [0, 0.1) is 0 Å². The zero-order chi connectivity index (χ0) is 13.4. The summed E-state index contributed by atoms with van der Waals surface area (Å²) in [6.07, 6.45) is 5.20. The van der Waals surface area contributed by atoms with Gasteiger partial charge in [0.2, 0.25) is 5.82 Å². The van der Waals surface area contributed by atoms with Crippen molar-refractivity contribution in [1.82, 2.24) is 20.1 Å². The molecule has 6 heteroatoms. The van der Waals surface area contributed by atoms with Crippen LogP contribution in [0.3, 0.4) is 0 Å². The Kier molecular flexibility index (Phi) is 2.53. The molecule has 4 aromatic heterocycles. The van der Waals surface area contributed by atoms with Crippen LogP contribution in [0.1, 0.15) is 0 Å². The largest absolute Gasteiger partial charge is 0.334 e. The maximum atomic E-state index is 5.37. The van der Waals surface area contributed by atoms with Gasteiger partial charge in [0, 0.05) is 34.9 Å². The first-order chi connectivity index (χ1) is 9.92. The predicted octanol–water partition coefficient (Wildman–Crippen LogP) is 3.41. The Balaban J connectivity index is 1.88. The first-order valence-electron chi connectivity index (χ1n) is 5.97. The highest BCUT2D eigenvalue weighted by molar-refractivity contribution is 7.08. The maximum absolute atomic E-state index is 5.37.